The molecule has 0 aromatic rings. The van der Waals surface area contributed by atoms with Crippen molar-refractivity contribution in [2.24, 2.45) is 5.41 Å². The molecule has 0 spiro atoms. The Bertz CT molecular complexity index is 239. The number of allylic oxidation sites excluding steroid dienone is 3. The molecule has 0 heterocycles. The van der Waals surface area contributed by atoms with Gasteiger partial charge in [-0.3, -0.25) is 0 Å². The summed E-state index contributed by atoms with van der Waals surface area (Å²) in [5, 5.41) is 9.45. The van der Waals surface area contributed by atoms with Crippen LogP contribution in [0.3, 0.4) is 0 Å². The lowest BCUT2D eigenvalue weighted by molar-refractivity contribution is 0.165. The van der Waals surface area contributed by atoms with Gasteiger partial charge in [0.25, 0.3) is 0 Å². The zero-order chi connectivity index (χ0) is 8.60. The van der Waals surface area contributed by atoms with Crippen molar-refractivity contribution < 1.29 is 5.11 Å². The summed E-state index contributed by atoms with van der Waals surface area (Å²) >= 11 is 0. The molecule has 0 aliphatic heterocycles. The van der Waals surface area contributed by atoms with Gasteiger partial charge in [-0.15, -0.1) is 0 Å². The second-order valence-corrected chi connectivity index (χ2v) is 4.23. The van der Waals surface area contributed by atoms with Gasteiger partial charge in [0.15, 0.2) is 0 Å². The normalized spacial score (nSPS) is 40.5. The predicted octanol–water partition coefficient (Wildman–Crippen LogP) is 2.42. The van der Waals surface area contributed by atoms with Gasteiger partial charge < -0.3 is 5.11 Å². The van der Waals surface area contributed by atoms with Gasteiger partial charge in [-0.2, -0.15) is 0 Å². The monoisotopic (exact) mass is 164 g/mol. The van der Waals surface area contributed by atoms with Gasteiger partial charge in [0.05, 0.1) is 6.10 Å². The van der Waals surface area contributed by atoms with E-state index in [2.05, 4.69) is 19.1 Å². The van der Waals surface area contributed by atoms with Gasteiger partial charge in [0, 0.05) is 0 Å². The summed E-state index contributed by atoms with van der Waals surface area (Å²) in [6, 6.07) is 0. The largest absolute Gasteiger partial charge is 0.389 e. The lowest BCUT2D eigenvalue weighted by Crippen LogP contribution is -2.27. The molecule has 1 heteroatoms. The number of rotatable bonds is 0. The van der Waals surface area contributed by atoms with Crippen LogP contribution in [0.15, 0.2) is 23.8 Å². The minimum Gasteiger partial charge on any atom is -0.389 e. The quantitative estimate of drug-likeness (QED) is 0.583. The van der Waals surface area contributed by atoms with Crippen molar-refractivity contribution in [2.45, 2.75) is 38.7 Å². The zero-order valence-electron chi connectivity index (χ0n) is 7.59. The fraction of sp³-hybridized carbons (Fsp3) is 0.636. The van der Waals surface area contributed by atoms with Crippen molar-refractivity contribution in [3.8, 4) is 0 Å². The highest BCUT2D eigenvalue weighted by Crippen LogP contribution is 2.44. The summed E-state index contributed by atoms with van der Waals surface area (Å²) in [7, 11) is 0. The van der Waals surface area contributed by atoms with E-state index in [1.807, 2.05) is 6.08 Å². The van der Waals surface area contributed by atoms with E-state index in [9.17, 15) is 5.11 Å². The molecular weight excluding hydrogens is 148 g/mol. The van der Waals surface area contributed by atoms with Gasteiger partial charge in [-0.1, -0.05) is 25.2 Å². The highest BCUT2D eigenvalue weighted by Gasteiger charge is 2.32. The highest BCUT2D eigenvalue weighted by molar-refractivity contribution is 5.32. The maximum Gasteiger partial charge on any atom is 0.0727 e. The molecule has 2 aliphatic rings. The fourth-order valence-corrected chi connectivity index (χ4v) is 2.24. The van der Waals surface area contributed by atoms with E-state index in [4.69, 9.17) is 0 Å². The molecule has 66 valence electrons. The number of aliphatic hydroxyl groups excluding tert-OH is 1. The molecule has 1 N–H and O–H groups in total. The van der Waals surface area contributed by atoms with Gasteiger partial charge in [-0.05, 0) is 36.7 Å². The molecule has 0 saturated heterocycles. The first-order valence-electron chi connectivity index (χ1n) is 4.78. The number of hydrogen-bond donors (Lipinski definition) is 1. The first-order chi connectivity index (χ1) is 5.71. The van der Waals surface area contributed by atoms with Gasteiger partial charge in [0.2, 0.25) is 0 Å². The lowest BCUT2D eigenvalue weighted by atomic mass is 9.68. The molecule has 0 bridgehead atoms. The van der Waals surface area contributed by atoms with Crippen molar-refractivity contribution in [1.82, 2.24) is 0 Å². The average Bonchev–Trinajstić information content (AvgIpc) is 2.06. The average molecular weight is 164 g/mol. The second-order valence-electron chi connectivity index (χ2n) is 4.23. The summed E-state index contributed by atoms with van der Waals surface area (Å²) in [6.07, 6.45) is 10.8. The highest BCUT2D eigenvalue weighted by atomic mass is 16.3. The third kappa shape index (κ3) is 1.22. The standard InChI is InChI=1S/C11H16O/c1-11-6-3-2-4-9(11)8-10(12)5-7-11/h2,4,8,10,12H,3,5-7H2,1H3/t10?,11-/m0/s1. The van der Waals surface area contributed by atoms with Crippen LogP contribution < -0.4 is 0 Å². The van der Waals surface area contributed by atoms with Crippen LogP contribution in [0.1, 0.15) is 32.6 Å². The molecule has 0 amide bonds. The van der Waals surface area contributed by atoms with Gasteiger partial charge in [-0.25, -0.2) is 0 Å². The summed E-state index contributed by atoms with van der Waals surface area (Å²) in [4.78, 5) is 0. The maximum atomic E-state index is 9.45. The van der Waals surface area contributed by atoms with E-state index >= 15 is 0 Å². The Morgan fingerprint density at radius 2 is 2.33 bits per heavy atom. The summed E-state index contributed by atoms with van der Waals surface area (Å²) < 4.78 is 0. The first-order valence-corrected chi connectivity index (χ1v) is 4.78. The van der Waals surface area contributed by atoms with Gasteiger partial charge in [0.1, 0.15) is 0 Å². The van der Waals surface area contributed by atoms with Crippen LogP contribution in [0.5, 0.6) is 0 Å². The van der Waals surface area contributed by atoms with Crippen LogP contribution in [0.2, 0.25) is 0 Å². The fourth-order valence-electron chi connectivity index (χ4n) is 2.24. The summed E-state index contributed by atoms with van der Waals surface area (Å²) in [5.41, 5.74) is 1.72. The second kappa shape index (κ2) is 2.74. The third-order valence-corrected chi connectivity index (χ3v) is 3.22. The lowest BCUT2D eigenvalue weighted by Gasteiger charge is -2.37. The predicted molar refractivity (Wildman–Crippen MR) is 49.8 cm³/mol. The molecule has 1 nitrogen and oxygen atoms in total. The topological polar surface area (TPSA) is 20.2 Å². The van der Waals surface area contributed by atoms with Crippen LogP contribution in [-0.2, 0) is 0 Å². The van der Waals surface area contributed by atoms with E-state index in [0.717, 1.165) is 12.8 Å². The Labute approximate surface area is 73.8 Å². The molecule has 2 rings (SSSR count). The smallest absolute Gasteiger partial charge is 0.0727 e. The maximum absolute atomic E-state index is 9.45. The minimum atomic E-state index is -0.198. The Morgan fingerprint density at radius 3 is 3.17 bits per heavy atom. The molecule has 2 atom stereocenters. The number of fused-ring (bicyclic) bond motifs is 1. The molecule has 0 fully saturated rings. The molecule has 2 aliphatic carbocycles. The van der Waals surface area contributed by atoms with E-state index < -0.39 is 0 Å². The SMILES string of the molecule is C[C@@]12CCC=CC1=CC(O)CC2. The van der Waals surface area contributed by atoms with Crippen molar-refractivity contribution in [3.05, 3.63) is 23.8 Å². The first kappa shape index (κ1) is 8.06. The van der Waals surface area contributed by atoms with Crippen LogP contribution in [-0.4, -0.2) is 11.2 Å². The minimum absolute atomic E-state index is 0.198. The molecule has 0 radical (unpaired) electrons. The van der Waals surface area contributed by atoms with Crippen LogP contribution >= 0.6 is 0 Å². The molecule has 0 aromatic carbocycles. The Balaban J connectivity index is 2.33. The zero-order valence-corrected chi connectivity index (χ0v) is 7.59. The molecule has 12 heavy (non-hydrogen) atoms. The van der Waals surface area contributed by atoms with Crippen molar-refractivity contribution >= 4 is 0 Å². The van der Waals surface area contributed by atoms with E-state index in [1.54, 1.807) is 0 Å². The van der Waals surface area contributed by atoms with Crippen LogP contribution in [0.25, 0.3) is 0 Å². The third-order valence-electron chi connectivity index (χ3n) is 3.22. The molecule has 1 unspecified atom stereocenters. The van der Waals surface area contributed by atoms with Crippen molar-refractivity contribution in [2.75, 3.05) is 0 Å². The van der Waals surface area contributed by atoms with Crippen molar-refractivity contribution in [1.29, 1.82) is 0 Å². The Kier molecular flexibility index (Phi) is 1.84. The van der Waals surface area contributed by atoms with Crippen LogP contribution in [0.4, 0.5) is 0 Å². The van der Waals surface area contributed by atoms with Gasteiger partial charge >= 0.3 is 0 Å². The Hall–Kier alpha value is -0.560. The number of hydrogen-bond acceptors (Lipinski definition) is 1. The molecule has 0 saturated carbocycles. The van der Waals surface area contributed by atoms with Crippen LogP contribution in [0, 0.1) is 5.41 Å². The summed E-state index contributed by atoms with van der Waals surface area (Å²) in [5.74, 6) is 0. The van der Waals surface area contributed by atoms with E-state index in [1.165, 1.54) is 18.4 Å². The molecule has 0 aromatic heterocycles. The molecular formula is C11H16O. The van der Waals surface area contributed by atoms with E-state index in [0.29, 0.717) is 5.41 Å². The number of aliphatic hydroxyl groups is 1. The van der Waals surface area contributed by atoms with E-state index in [-0.39, 0.29) is 6.10 Å². The Morgan fingerprint density at radius 1 is 1.50 bits per heavy atom. The summed E-state index contributed by atoms with van der Waals surface area (Å²) in [6.45, 7) is 2.31. The van der Waals surface area contributed by atoms with Crippen molar-refractivity contribution in [3.63, 3.8) is 0 Å².